The van der Waals surface area contributed by atoms with Gasteiger partial charge in [0.15, 0.2) is 11.5 Å². The highest BCUT2D eigenvalue weighted by Crippen LogP contribution is 2.29. The Bertz CT molecular complexity index is 956. The fourth-order valence-electron chi connectivity index (χ4n) is 2.80. The van der Waals surface area contributed by atoms with Gasteiger partial charge in [0, 0.05) is 23.5 Å². The van der Waals surface area contributed by atoms with Gasteiger partial charge in [0.25, 0.3) is 5.91 Å². The molecule has 0 saturated heterocycles. The van der Waals surface area contributed by atoms with Crippen LogP contribution in [-0.4, -0.2) is 34.7 Å². The van der Waals surface area contributed by atoms with E-state index in [1.165, 1.54) is 0 Å². The summed E-state index contributed by atoms with van der Waals surface area (Å²) in [5.74, 6) is 1.65. The lowest BCUT2D eigenvalue weighted by Crippen LogP contribution is -2.32. The summed E-state index contributed by atoms with van der Waals surface area (Å²) in [6, 6.07) is 8.20. The standard InChI is InChI=1S/C21H24N4O4/c1-5-28-17-12-15(6-7-16(17)27-4)20(26)23-18(13(2)3)21-24-19(25-29-21)14-8-10-22-11-9-14/h6-13,18H,5H2,1-4H3,(H,23,26). The van der Waals surface area contributed by atoms with E-state index in [4.69, 9.17) is 14.0 Å². The van der Waals surface area contributed by atoms with Crippen molar-refractivity contribution in [3.05, 3.63) is 54.2 Å². The fourth-order valence-corrected chi connectivity index (χ4v) is 2.80. The summed E-state index contributed by atoms with van der Waals surface area (Å²) < 4.78 is 16.3. The average Bonchev–Trinajstić information content (AvgIpc) is 3.22. The molecule has 1 amide bonds. The number of methoxy groups -OCH3 is 1. The van der Waals surface area contributed by atoms with Gasteiger partial charge >= 0.3 is 0 Å². The minimum absolute atomic E-state index is 0.0364. The van der Waals surface area contributed by atoms with Crippen LogP contribution >= 0.6 is 0 Å². The zero-order valence-corrected chi connectivity index (χ0v) is 16.9. The van der Waals surface area contributed by atoms with Crippen LogP contribution < -0.4 is 14.8 Å². The number of amides is 1. The SMILES string of the molecule is CCOc1cc(C(=O)NC(c2nc(-c3ccncc3)no2)C(C)C)ccc1OC. The maximum Gasteiger partial charge on any atom is 0.252 e. The number of carbonyl (C=O) groups excluding carboxylic acids is 1. The summed E-state index contributed by atoms with van der Waals surface area (Å²) in [5.41, 5.74) is 1.24. The van der Waals surface area contributed by atoms with Crippen molar-refractivity contribution in [3.63, 3.8) is 0 Å². The first-order valence-corrected chi connectivity index (χ1v) is 9.39. The second-order valence-corrected chi connectivity index (χ2v) is 6.69. The second-order valence-electron chi connectivity index (χ2n) is 6.69. The Morgan fingerprint density at radius 2 is 1.93 bits per heavy atom. The molecule has 1 atom stereocenters. The molecule has 0 aliphatic carbocycles. The normalized spacial score (nSPS) is 11.9. The van der Waals surface area contributed by atoms with Crippen LogP contribution in [0.1, 0.15) is 43.1 Å². The molecule has 152 valence electrons. The minimum Gasteiger partial charge on any atom is -0.493 e. The van der Waals surface area contributed by atoms with Crippen LogP contribution in [0.4, 0.5) is 0 Å². The van der Waals surface area contributed by atoms with Gasteiger partial charge in [0.1, 0.15) is 6.04 Å². The molecule has 0 spiro atoms. The maximum absolute atomic E-state index is 12.9. The smallest absolute Gasteiger partial charge is 0.252 e. The predicted molar refractivity (Wildman–Crippen MR) is 107 cm³/mol. The van der Waals surface area contributed by atoms with Gasteiger partial charge in [0.2, 0.25) is 11.7 Å². The summed E-state index contributed by atoms with van der Waals surface area (Å²) in [4.78, 5) is 21.3. The minimum atomic E-state index is -0.441. The molecule has 0 fully saturated rings. The molecule has 1 unspecified atom stereocenters. The molecule has 3 rings (SSSR count). The van der Waals surface area contributed by atoms with Gasteiger partial charge in [-0.15, -0.1) is 0 Å². The summed E-state index contributed by atoms with van der Waals surface area (Å²) >= 11 is 0. The summed E-state index contributed by atoms with van der Waals surface area (Å²) in [6.07, 6.45) is 3.32. The molecule has 1 aromatic carbocycles. The van der Waals surface area contributed by atoms with Crippen LogP contribution in [-0.2, 0) is 0 Å². The molecular formula is C21H24N4O4. The van der Waals surface area contributed by atoms with E-state index < -0.39 is 6.04 Å². The molecule has 0 aliphatic heterocycles. The molecule has 8 heteroatoms. The molecule has 2 heterocycles. The largest absolute Gasteiger partial charge is 0.493 e. The van der Waals surface area contributed by atoms with Crippen molar-refractivity contribution in [2.24, 2.45) is 5.92 Å². The van der Waals surface area contributed by atoms with E-state index in [2.05, 4.69) is 20.4 Å². The van der Waals surface area contributed by atoms with Gasteiger partial charge in [-0.2, -0.15) is 4.98 Å². The van der Waals surface area contributed by atoms with Crippen LogP contribution in [0.2, 0.25) is 0 Å². The van der Waals surface area contributed by atoms with E-state index in [1.54, 1.807) is 49.8 Å². The van der Waals surface area contributed by atoms with Gasteiger partial charge < -0.3 is 19.3 Å². The third-order valence-corrected chi connectivity index (χ3v) is 4.33. The van der Waals surface area contributed by atoms with Gasteiger partial charge in [-0.1, -0.05) is 19.0 Å². The number of pyridine rings is 1. The van der Waals surface area contributed by atoms with Crippen LogP contribution in [0.5, 0.6) is 11.5 Å². The van der Waals surface area contributed by atoms with Crippen molar-refractivity contribution in [1.82, 2.24) is 20.4 Å². The summed E-state index contributed by atoms with van der Waals surface area (Å²) in [6.45, 7) is 6.29. The van der Waals surface area contributed by atoms with Crippen LogP contribution in [0.25, 0.3) is 11.4 Å². The van der Waals surface area contributed by atoms with Crippen molar-refractivity contribution >= 4 is 5.91 Å². The number of benzene rings is 1. The van der Waals surface area contributed by atoms with Crippen LogP contribution in [0.3, 0.4) is 0 Å². The van der Waals surface area contributed by atoms with Crippen LogP contribution in [0.15, 0.2) is 47.2 Å². The average molecular weight is 396 g/mol. The maximum atomic E-state index is 12.9. The number of aromatic nitrogens is 3. The molecule has 0 saturated carbocycles. The summed E-state index contributed by atoms with van der Waals surface area (Å²) in [5, 5.41) is 7.01. The highest BCUT2D eigenvalue weighted by molar-refractivity contribution is 5.95. The predicted octanol–water partition coefficient (Wildman–Crippen LogP) is 3.67. The van der Waals surface area contributed by atoms with Gasteiger partial charge in [-0.3, -0.25) is 9.78 Å². The Morgan fingerprint density at radius 1 is 1.17 bits per heavy atom. The molecular weight excluding hydrogens is 372 g/mol. The Kier molecular flexibility index (Phi) is 6.43. The van der Waals surface area contributed by atoms with E-state index in [9.17, 15) is 4.79 Å². The molecule has 0 radical (unpaired) electrons. The lowest BCUT2D eigenvalue weighted by molar-refractivity contribution is 0.0913. The first-order valence-electron chi connectivity index (χ1n) is 9.39. The number of rotatable bonds is 8. The number of nitrogens with one attached hydrogen (secondary N) is 1. The fraction of sp³-hybridized carbons (Fsp3) is 0.333. The Hall–Kier alpha value is -3.42. The Balaban J connectivity index is 1.82. The van der Waals surface area contributed by atoms with Gasteiger partial charge in [-0.25, -0.2) is 0 Å². The highest BCUT2D eigenvalue weighted by atomic mass is 16.5. The zero-order chi connectivity index (χ0) is 20.8. The first-order chi connectivity index (χ1) is 14.0. The Morgan fingerprint density at radius 3 is 2.59 bits per heavy atom. The van der Waals surface area contributed by atoms with Gasteiger partial charge in [0.05, 0.1) is 13.7 Å². The molecule has 0 aliphatic rings. The zero-order valence-electron chi connectivity index (χ0n) is 16.9. The lowest BCUT2D eigenvalue weighted by Gasteiger charge is -2.19. The van der Waals surface area contributed by atoms with Crippen molar-refractivity contribution in [2.75, 3.05) is 13.7 Å². The third-order valence-electron chi connectivity index (χ3n) is 4.33. The molecule has 1 N–H and O–H groups in total. The van der Waals surface area contributed by atoms with E-state index >= 15 is 0 Å². The second kappa shape index (κ2) is 9.18. The van der Waals surface area contributed by atoms with Crippen molar-refractivity contribution in [1.29, 1.82) is 0 Å². The monoisotopic (exact) mass is 396 g/mol. The number of nitrogens with zero attached hydrogens (tertiary/aromatic N) is 3. The topological polar surface area (TPSA) is 99.4 Å². The number of hydrogen-bond acceptors (Lipinski definition) is 7. The quantitative estimate of drug-likeness (QED) is 0.620. The molecule has 3 aromatic rings. The molecule has 0 bridgehead atoms. The van der Waals surface area contributed by atoms with E-state index in [0.717, 1.165) is 5.56 Å². The number of hydrogen-bond donors (Lipinski definition) is 1. The highest BCUT2D eigenvalue weighted by Gasteiger charge is 2.26. The Labute approximate surface area is 169 Å². The van der Waals surface area contributed by atoms with Crippen molar-refractivity contribution in [2.45, 2.75) is 26.8 Å². The third kappa shape index (κ3) is 4.71. The van der Waals surface area contributed by atoms with Gasteiger partial charge in [-0.05, 0) is 43.2 Å². The van der Waals surface area contributed by atoms with E-state index in [1.807, 2.05) is 20.8 Å². The van der Waals surface area contributed by atoms with Crippen LogP contribution in [0, 0.1) is 5.92 Å². The summed E-state index contributed by atoms with van der Waals surface area (Å²) in [7, 11) is 1.56. The van der Waals surface area contributed by atoms with E-state index in [0.29, 0.717) is 35.4 Å². The molecule has 29 heavy (non-hydrogen) atoms. The van der Waals surface area contributed by atoms with E-state index in [-0.39, 0.29) is 11.8 Å². The number of ether oxygens (including phenoxy) is 2. The molecule has 8 nitrogen and oxygen atoms in total. The van der Waals surface area contributed by atoms with Crippen molar-refractivity contribution in [3.8, 4) is 22.9 Å². The first kappa shape index (κ1) is 20.3. The number of carbonyl (C=O) groups is 1. The van der Waals surface area contributed by atoms with Crippen molar-refractivity contribution < 1.29 is 18.8 Å². The lowest BCUT2D eigenvalue weighted by atomic mass is 10.0. The molecule has 2 aromatic heterocycles.